The Balaban J connectivity index is 2.49. The van der Waals surface area contributed by atoms with Crippen molar-refractivity contribution in [1.29, 1.82) is 0 Å². The van der Waals surface area contributed by atoms with Crippen molar-refractivity contribution in [3.8, 4) is 22.8 Å². The van der Waals surface area contributed by atoms with E-state index in [0.717, 1.165) is 0 Å². The Morgan fingerprint density at radius 3 is 2.57 bits per heavy atom. The lowest BCUT2D eigenvalue weighted by molar-refractivity contribution is -0.274. The largest absolute Gasteiger partial charge is 0.573 e. The standard InChI is InChI=1S/C14H10F3NO3/c1-20-13-10(8-19)6-9(7-18-13)11-4-2-3-5-12(11)21-14(15,16)17/h2-8H,1H3. The van der Waals surface area contributed by atoms with Gasteiger partial charge in [-0.25, -0.2) is 4.98 Å². The molecule has 4 nitrogen and oxygen atoms in total. The highest BCUT2D eigenvalue weighted by molar-refractivity contribution is 5.82. The van der Waals surface area contributed by atoms with Crippen molar-refractivity contribution in [3.05, 3.63) is 42.1 Å². The van der Waals surface area contributed by atoms with Crippen LogP contribution in [0.5, 0.6) is 11.6 Å². The van der Waals surface area contributed by atoms with E-state index in [2.05, 4.69) is 9.72 Å². The predicted molar refractivity (Wildman–Crippen MR) is 68.3 cm³/mol. The zero-order valence-electron chi connectivity index (χ0n) is 10.8. The minimum absolute atomic E-state index is 0.1000. The highest BCUT2D eigenvalue weighted by atomic mass is 19.4. The maximum atomic E-state index is 12.4. The summed E-state index contributed by atoms with van der Waals surface area (Å²) >= 11 is 0. The van der Waals surface area contributed by atoms with Gasteiger partial charge in [0.25, 0.3) is 0 Å². The average molecular weight is 297 g/mol. The molecule has 110 valence electrons. The van der Waals surface area contributed by atoms with E-state index in [1.165, 1.54) is 37.6 Å². The summed E-state index contributed by atoms with van der Waals surface area (Å²) in [6.45, 7) is 0. The fourth-order valence-electron chi connectivity index (χ4n) is 1.79. The minimum Gasteiger partial charge on any atom is -0.480 e. The number of benzene rings is 1. The van der Waals surface area contributed by atoms with Gasteiger partial charge < -0.3 is 9.47 Å². The minimum atomic E-state index is -4.80. The number of aromatic nitrogens is 1. The Kier molecular flexibility index (Phi) is 4.11. The van der Waals surface area contributed by atoms with Crippen molar-refractivity contribution in [3.63, 3.8) is 0 Å². The fraction of sp³-hybridized carbons (Fsp3) is 0.143. The second-order valence-corrected chi connectivity index (χ2v) is 3.98. The lowest BCUT2D eigenvalue weighted by Crippen LogP contribution is -2.17. The molecule has 1 aromatic heterocycles. The maximum Gasteiger partial charge on any atom is 0.573 e. The molecule has 2 rings (SSSR count). The van der Waals surface area contributed by atoms with Gasteiger partial charge in [-0.1, -0.05) is 18.2 Å². The summed E-state index contributed by atoms with van der Waals surface area (Å²) in [6.07, 6.45) is -2.98. The quantitative estimate of drug-likeness (QED) is 0.811. The van der Waals surface area contributed by atoms with Crippen molar-refractivity contribution in [2.75, 3.05) is 7.11 Å². The SMILES string of the molecule is COc1ncc(-c2ccccc2OC(F)(F)F)cc1C=O. The third-order valence-corrected chi connectivity index (χ3v) is 2.62. The second-order valence-electron chi connectivity index (χ2n) is 3.98. The Bertz CT molecular complexity index is 656. The van der Waals surface area contributed by atoms with Crippen molar-refractivity contribution in [1.82, 2.24) is 4.98 Å². The molecule has 0 radical (unpaired) electrons. The lowest BCUT2D eigenvalue weighted by Gasteiger charge is -2.13. The van der Waals surface area contributed by atoms with Gasteiger partial charge in [-0.15, -0.1) is 13.2 Å². The predicted octanol–water partition coefficient (Wildman–Crippen LogP) is 3.47. The summed E-state index contributed by atoms with van der Waals surface area (Å²) in [5.74, 6) is -0.267. The number of carbonyl (C=O) groups is 1. The molecule has 0 spiro atoms. The molecule has 1 heterocycles. The van der Waals surface area contributed by atoms with Gasteiger partial charge in [0.1, 0.15) is 5.75 Å². The summed E-state index contributed by atoms with van der Waals surface area (Å²) in [7, 11) is 1.34. The van der Waals surface area contributed by atoms with Crippen LogP contribution in [0.2, 0.25) is 0 Å². The van der Waals surface area contributed by atoms with E-state index in [1.54, 1.807) is 6.07 Å². The van der Waals surface area contributed by atoms with Gasteiger partial charge in [0, 0.05) is 17.3 Å². The van der Waals surface area contributed by atoms with Crippen molar-refractivity contribution < 1.29 is 27.4 Å². The first-order valence-corrected chi connectivity index (χ1v) is 5.79. The van der Waals surface area contributed by atoms with E-state index < -0.39 is 6.36 Å². The number of nitrogens with zero attached hydrogens (tertiary/aromatic N) is 1. The summed E-state index contributed by atoms with van der Waals surface area (Å²) in [5.41, 5.74) is 0.627. The molecule has 0 atom stereocenters. The highest BCUT2D eigenvalue weighted by Gasteiger charge is 2.32. The molecule has 0 amide bonds. The lowest BCUT2D eigenvalue weighted by atomic mass is 10.1. The molecule has 0 saturated carbocycles. The van der Waals surface area contributed by atoms with E-state index in [-0.39, 0.29) is 22.8 Å². The number of hydrogen-bond donors (Lipinski definition) is 0. The van der Waals surface area contributed by atoms with E-state index >= 15 is 0 Å². The summed E-state index contributed by atoms with van der Waals surface area (Å²) < 4.78 is 46.0. The normalized spacial score (nSPS) is 11.0. The van der Waals surface area contributed by atoms with Crippen LogP contribution in [0.4, 0.5) is 13.2 Å². The first-order valence-electron chi connectivity index (χ1n) is 5.79. The first kappa shape index (κ1) is 14.8. The molecule has 0 fully saturated rings. The number of alkyl halides is 3. The average Bonchev–Trinajstić information content (AvgIpc) is 2.45. The Morgan fingerprint density at radius 1 is 1.24 bits per heavy atom. The number of pyridine rings is 1. The molecule has 0 aliphatic carbocycles. The van der Waals surface area contributed by atoms with Crippen LogP contribution in [0, 0.1) is 0 Å². The highest BCUT2D eigenvalue weighted by Crippen LogP contribution is 2.34. The zero-order chi connectivity index (χ0) is 15.5. The molecule has 7 heteroatoms. The van der Waals surface area contributed by atoms with Crippen LogP contribution in [0.1, 0.15) is 10.4 Å². The summed E-state index contributed by atoms with van der Waals surface area (Å²) in [6, 6.07) is 7.00. The molecule has 0 aliphatic heterocycles. The van der Waals surface area contributed by atoms with Gasteiger partial charge in [0.2, 0.25) is 5.88 Å². The van der Waals surface area contributed by atoms with Crippen LogP contribution in [-0.2, 0) is 0 Å². The third-order valence-electron chi connectivity index (χ3n) is 2.62. The number of hydrogen-bond acceptors (Lipinski definition) is 4. The number of methoxy groups -OCH3 is 1. The first-order chi connectivity index (χ1) is 9.94. The van der Waals surface area contributed by atoms with E-state index in [0.29, 0.717) is 11.8 Å². The van der Waals surface area contributed by atoms with Crippen LogP contribution >= 0.6 is 0 Å². The molecule has 0 N–H and O–H groups in total. The van der Waals surface area contributed by atoms with Gasteiger partial charge in [-0.3, -0.25) is 4.79 Å². The third kappa shape index (κ3) is 3.50. The van der Waals surface area contributed by atoms with Crippen LogP contribution in [0.15, 0.2) is 36.5 Å². The molecular formula is C14H10F3NO3. The monoisotopic (exact) mass is 297 g/mol. The molecule has 0 bridgehead atoms. The molecule has 0 saturated heterocycles. The Morgan fingerprint density at radius 2 is 1.95 bits per heavy atom. The van der Waals surface area contributed by atoms with Crippen LogP contribution in [-0.4, -0.2) is 24.7 Å². The van der Waals surface area contributed by atoms with Gasteiger partial charge in [0.05, 0.1) is 12.7 Å². The molecule has 2 aromatic rings. The number of halogens is 3. The topological polar surface area (TPSA) is 48.4 Å². The number of rotatable bonds is 4. The number of aldehydes is 1. The Hall–Kier alpha value is -2.57. The van der Waals surface area contributed by atoms with Crippen LogP contribution in [0.3, 0.4) is 0 Å². The second kappa shape index (κ2) is 5.82. The van der Waals surface area contributed by atoms with Crippen LogP contribution in [0.25, 0.3) is 11.1 Å². The van der Waals surface area contributed by atoms with Gasteiger partial charge in [-0.2, -0.15) is 0 Å². The summed E-state index contributed by atoms with van der Waals surface area (Å²) in [4.78, 5) is 14.8. The number of carbonyl (C=O) groups excluding carboxylic acids is 1. The number of para-hydroxylation sites is 1. The van der Waals surface area contributed by atoms with E-state index in [9.17, 15) is 18.0 Å². The number of ether oxygens (including phenoxy) is 2. The molecule has 0 aliphatic rings. The maximum absolute atomic E-state index is 12.4. The van der Waals surface area contributed by atoms with Crippen molar-refractivity contribution >= 4 is 6.29 Å². The summed E-state index contributed by atoms with van der Waals surface area (Å²) in [5, 5.41) is 0. The van der Waals surface area contributed by atoms with E-state index in [1.807, 2.05) is 0 Å². The van der Waals surface area contributed by atoms with Gasteiger partial charge in [-0.05, 0) is 12.1 Å². The molecule has 21 heavy (non-hydrogen) atoms. The van der Waals surface area contributed by atoms with Gasteiger partial charge >= 0.3 is 6.36 Å². The smallest absolute Gasteiger partial charge is 0.480 e. The van der Waals surface area contributed by atoms with E-state index in [4.69, 9.17) is 4.74 Å². The molecule has 1 aromatic carbocycles. The van der Waals surface area contributed by atoms with Crippen molar-refractivity contribution in [2.24, 2.45) is 0 Å². The van der Waals surface area contributed by atoms with Crippen molar-refractivity contribution in [2.45, 2.75) is 6.36 Å². The van der Waals surface area contributed by atoms with Crippen LogP contribution < -0.4 is 9.47 Å². The Labute approximate surface area is 118 Å². The molecule has 0 unspecified atom stereocenters. The van der Waals surface area contributed by atoms with Gasteiger partial charge in [0.15, 0.2) is 6.29 Å². The molecular weight excluding hydrogens is 287 g/mol. The zero-order valence-corrected chi connectivity index (χ0v) is 10.8. The fourth-order valence-corrected chi connectivity index (χ4v) is 1.79.